The van der Waals surface area contributed by atoms with Crippen molar-refractivity contribution >= 4 is 63.1 Å². The van der Waals surface area contributed by atoms with Crippen molar-refractivity contribution in [3.05, 3.63) is 105 Å². The Bertz CT molecular complexity index is 1610. The molecule has 1 amide bonds. The third-order valence-electron chi connectivity index (χ3n) is 6.56. The molecule has 2 heterocycles. The van der Waals surface area contributed by atoms with E-state index in [1.807, 2.05) is 49.4 Å². The van der Waals surface area contributed by atoms with Gasteiger partial charge >= 0.3 is 5.97 Å². The number of carbonyl (C=O) groups excluding carboxylic acids is 2. The number of rotatable bonds is 6. The standard InChI is InChI=1S/C30H26ClN3O3S/c1-4-33-28(35)27(38-30(33)32-22-15-13-20(14-16-22)29(36)37-3)17-24-19(2)34(26-12-8-6-10-23(24)26)18-21-9-5-7-11-25(21)31/h5-17H,4,18H2,1-3H3/b27-17+,32-30?. The van der Waals surface area contributed by atoms with Gasteiger partial charge in [-0.15, -0.1) is 0 Å². The van der Waals surface area contributed by atoms with Crippen molar-refractivity contribution < 1.29 is 14.3 Å². The number of amides is 1. The maximum Gasteiger partial charge on any atom is 0.337 e. The number of methoxy groups -OCH3 is 1. The van der Waals surface area contributed by atoms with E-state index in [0.717, 1.165) is 32.7 Å². The van der Waals surface area contributed by atoms with E-state index in [1.54, 1.807) is 29.2 Å². The van der Waals surface area contributed by atoms with Crippen molar-refractivity contribution in [2.45, 2.75) is 20.4 Å². The molecule has 0 N–H and O–H groups in total. The summed E-state index contributed by atoms with van der Waals surface area (Å²) in [6, 6.07) is 22.9. The molecule has 0 unspecified atom stereocenters. The Morgan fingerprint density at radius 1 is 1.05 bits per heavy atom. The average Bonchev–Trinajstić information content (AvgIpc) is 3.37. The number of carbonyl (C=O) groups is 2. The van der Waals surface area contributed by atoms with Crippen LogP contribution in [0, 0.1) is 6.92 Å². The van der Waals surface area contributed by atoms with Crippen molar-refractivity contribution in [1.29, 1.82) is 0 Å². The molecule has 1 aliphatic rings. The minimum atomic E-state index is -0.404. The summed E-state index contributed by atoms with van der Waals surface area (Å²) < 4.78 is 7.00. The van der Waals surface area contributed by atoms with Crippen LogP contribution in [-0.4, -0.2) is 40.2 Å². The SMILES string of the molecule is CCN1C(=O)/C(=C\c2c(C)n(Cc3ccccc3Cl)c3ccccc23)SC1=Nc1ccc(C(=O)OC)cc1. The highest BCUT2D eigenvalue weighted by Gasteiger charge is 2.33. The summed E-state index contributed by atoms with van der Waals surface area (Å²) in [5, 5.41) is 2.40. The molecular weight excluding hydrogens is 518 g/mol. The Labute approximate surface area is 230 Å². The van der Waals surface area contributed by atoms with Crippen molar-refractivity contribution in [2.75, 3.05) is 13.7 Å². The summed E-state index contributed by atoms with van der Waals surface area (Å²) in [5.74, 6) is -0.483. The number of hydrogen-bond donors (Lipinski definition) is 0. The molecule has 0 saturated carbocycles. The number of fused-ring (bicyclic) bond motifs is 1. The first-order valence-electron chi connectivity index (χ1n) is 12.2. The number of halogens is 1. The van der Waals surface area contributed by atoms with E-state index in [4.69, 9.17) is 21.3 Å². The van der Waals surface area contributed by atoms with E-state index in [2.05, 4.69) is 23.6 Å². The van der Waals surface area contributed by atoms with Crippen molar-refractivity contribution in [1.82, 2.24) is 9.47 Å². The molecule has 0 bridgehead atoms. The summed E-state index contributed by atoms with van der Waals surface area (Å²) in [7, 11) is 1.35. The highest BCUT2D eigenvalue weighted by molar-refractivity contribution is 8.18. The Balaban J connectivity index is 1.52. The van der Waals surface area contributed by atoms with Crippen LogP contribution in [0.3, 0.4) is 0 Å². The zero-order chi connectivity index (χ0) is 26.8. The Morgan fingerprint density at radius 3 is 2.47 bits per heavy atom. The summed E-state index contributed by atoms with van der Waals surface area (Å²) in [6.45, 7) is 5.13. The van der Waals surface area contributed by atoms with Gasteiger partial charge in [0.2, 0.25) is 0 Å². The predicted octanol–water partition coefficient (Wildman–Crippen LogP) is 7.06. The van der Waals surface area contributed by atoms with Gasteiger partial charge in [0, 0.05) is 40.3 Å². The summed E-state index contributed by atoms with van der Waals surface area (Å²) in [5.41, 5.74) is 5.28. The Hall–Kier alpha value is -3.81. The molecule has 1 fully saturated rings. The van der Waals surface area contributed by atoms with Gasteiger partial charge in [-0.1, -0.05) is 48.0 Å². The van der Waals surface area contributed by atoms with Crippen LogP contribution in [0.4, 0.5) is 5.69 Å². The lowest BCUT2D eigenvalue weighted by Gasteiger charge is -2.12. The van der Waals surface area contributed by atoms with Crippen molar-refractivity contribution in [3.63, 3.8) is 0 Å². The number of hydrogen-bond acceptors (Lipinski definition) is 5. The van der Waals surface area contributed by atoms with Crippen molar-refractivity contribution in [3.8, 4) is 0 Å². The minimum Gasteiger partial charge on any atom is -0.465 e. The predicted molar refractivity (Wildman–Crippen MR) is 155 cm³/mol. The lowest BCUT2D eigenvalue weighted by Crippen LogP contribution is -2.28. The number of benzene rings is 3. The summed E-state index contributed by atoms with van der Waals surface area (Å²) >= 11 is 7.83. The lowest BCUT2D eigenvalue weighted by atomic mass is 10.1. The second-order valence-corrected chi connectivity index (χ2v) is 10.2. The van der Waals surface area contributed by atoms with Crippen LogP contribution in [0.15, 0.2) is 82.7 Å². The van der Waals surface area contributed by atoms with Crippen LogP contribution < -0.4 is 0 Å². The van der Waals surface area contributed by atoms with Gasteiger partial charge in [-0.25, -0.2) is 9.79 Å². The molecule has 0 atom stereocenters. The third kappa shape index (κ3) is 4.87. The fourth-order valence-electron chi connectivity index (χ4n) is 4.54. The normalized spacial score (nSPS) is 15.7. The highest BCUT2D eigenvalue weighted by Crippen LogP contribution is 2.37. The van der Waals surface area contributed by atoms with Crippen LogP contribution in [0.25, 0.3) is 17.0 Å². The van der Waals surface area contributed by atoms with Gasteiger partial charge in [0.1, 0.15) is 0 Å². The van der Waals surface area contributed by atoms with Gasteiger partial charge in [-0.3, -0.25) is 9.69 Å². The number of likely N-dealkylation sites (N-methyl/N-ethyl adjacent to an activating group) is 1. The molecule has 192 valence electrons. The van der Waals surface area contributed by atoms with Crippen LogP contribution >= 0.6 is 23.4 Å². The number of aromatic nitrogens is 1. The molecule has 1 aliphatic heterocycles. The molecule has 1 aromatic heterocycles. The van der Waals surface area contributed by atoms with Gasteiger partial charge < -0.3 is 9.30 Å². The number of amidine groups is 1. The molecule has 0 radical (unpaired) electrons. The molecule has 38 heavy (non-hydrogen) atoms. The Kier molecular flexibility index (Phi) is 7.40. The van der Waals surface area contributed by atoms with E-state index in [0.29, 0.717) is 34.4 Å². The molecule has 0 spiro atoms. The number of para-hydroxylation sites is 1. The smallest absolute Gasteiger partial charge is 0.337 e. The molecule has 1 saturated heterocycles. The van der Waals surface area contributed by atoms with Crippen LogP contribution in [0.5, 0.6) is 0 Å². The van der Waals surface area contributed by atoms with Gasteiger partial charge in [-0.2, -0.15) is 0 Å². The van der Waals surface area contributed by atoms with Gasteiger partial charge in [0.05, 0.1) is 23.3 Å². The molecule has 6 nitrogen and oxygen atoms in total. The maximum absolute atomic E-state index is 13.4. The number of esters is 1. The zero-order valence-electron chi connectivity index (χ0n) is 21.3. The Morgan fingerprint density at radius 2 is 1.76 bits per heavy atom. The first-order valence-corrected chi connectivity index (χ1v) is 13.4. The monoisotopic (exact) mass is 543 g/mol. The van der Waals surface area contributed by atoms with Crippen LogP contribution in [0.1, 0.15) is 34.1 Å². The summed E-state index contributed by atoms with van der Waals surface area (Å²) in [6.07, 6.45) is 1.97. The minimum absolute atomic E-state index is 0.0789. The highest BCUT2D eigenvalue weighted by atomic mass is 35.5. The first kappa shape index (κ1) is 25.8. The van der Waals surface area contributed by atoms with Crippen LogP contribution in [0.2, 0.25) is 5.02 Å². The van der Waals surface area contributed by atoms with Crippen LogP contribution in [-0.2, 0) is 16.1 Å². The number of ether oxygens (including phenoxy) is 1. The van der Waals surface area contributed by atoms with Gasteiger partial charge in [0.25, 0.3) is 5.91 Å². The molecule has 4 aromatic rings. The molecule has 0 aliphatic carbocycles. The third-order valence-corrected chi connectivity index (χ3v) is 7.93. The fraction of sp³-hybridized carbons (Fsp3) is 0.167. The zero-order valence-corrected chi connectivity index (χ0v) is 22.8. The second kappa shape index (κ2) is 10.9. The van der Waals surface area contributed by atoms with E-state index < -0.39 is 5.97 Å². The maximum atomic E-state index is 13.4. The number of nitrogens with zero attached hydrogens (tertiary/aromatic N) is 3. The van der Waals surface area contributed by atoms with Gasteiger partial charge in [-0.05, 0) is 73.6 Å². The molecular formula is C30H26ClN3O3S. The quantitative estimate of drug-likeness (QED) is 0.193. The number of thioether (sulfide) groups is 1. The van der Waals surface area contributed by atoms with E-state index >= 15 is 0 Å². The van der Waals surface area contributed by atoms with E-state index in [9.17, 15) is 9.59 Å². The first-order chi connectivity index (χ1) is 18.4. The van der Waals surface area contributed by atoms with E-state index in [1.165, 1.54) is 18.9 Å². The summed E-state index contributed by atoms with van der Waals surface area (Å²) in [4.78, 5) is 32.1. The average molecular weight is 544 g/mol. The van der Waals surface area contributed by atoms with E-state index in [-0.39, 0.29) is 5.91 Å². The van der Waals surface area contributed by atoms with Crippen molar-refractivity contribution in [2.24, 2.45) is 4.99 Å². The topological polar surface area (TPSA) is 63.9 Å². The van der Waals surface area contributed by atoms with Gasteiger partial charge in [0.15, 0.2) is 5.17 Å². The number of aliphatic imine (C=N–C) groups is 1. The fourth-order valence-corrected chi connectivity index (χ4v) is 5.78. The molecule has 8 heteroatoms. The lowest BCUT2D eigenvalue weighted by molar-refractivity contribution is -0.122. The second-order valence-electron chi connectivity index (χ2n) is 8.79. The largest absolute Gasteiger partial charge is 0.465 e. The molecule has 5 rings (SSSR count). The molecule has 3 aromatic carbocycles.